The summed E-state index contributed by atoms with van der Waals surface area (Å²) in [6, 6.07) is 6.65. The second-order valence-electron chi connectivity index (χ2n) is 6.81. The van der Waals surface area contributed by atoms with Gasteiger partial charge in [-0.2, -0.15) is 0 Å². The summed E-state index contributed by atoms with van der Waals surface area (Å²) in [5.74, 6) is 1.03. The molecule has 0 unspecified atom stereocenters. The number of hydrogen-bond acceptors (Lipinski definition) is 2. The van der Waals surface area contributed by atoms with Gasteiger partial charge in [0.25, 0.3) is 0 Å². The molecule has 0 saturated carbocycles. The molecular formula is C19H26FN3O. The Kier molecular flexibility index (Phi) is 6.12. The monoisotopic (exact) mass is 331 g/mol. The molecule has 130 valence electrons. The van der Waals surface area contributed by atoms with Crippen LogP contribution in [-0.2, 0) is 17.9 Å². The first-order valence-electron chi connectivity index (χ1n) is 8.40. The van der Waals surface area contributed by atoms with Gasteiger partial charge >= 0.3 is 0 Å². The number of nitrogens with zero attached hydrogens (tertiary/aromatic N) is 3. The van der Waals surface area contributed by atoms with Crippen LogP contribution < -0.4 is 0 Å². The van der Waals surface area contributed by atoms with Crippen LogP contribution in [0.5, 0.6) is 0 Å². The largest absolute Gasteiger partial charge is 0.333 e. The summed E-state index contributed by atoms with van der Waals surface area (Å²) in [6.45, 7) is 9.11. The summed E-state index contributed by atoms with van der Waals surface area (Å²) in [4.78, 5) is 18.7. The third-order valence-electron chi connectivity index (χ3n) is 3.88. The highest BCUT2D eigenvalue weighted by Gasteiger charge is 2.20. The first-order valence-corrected chi connectivity index (χ1v) is 8.40. The van der Waals surface area contributed by atoms with Crippen LogP contribution >= 0.6 is 0 Å². The number of hydrogen-bond donors (Lipinski definition) is 0. The van der Waals surface area contributed by atoms with Gasteiger partial charge < -0.3 is 9.47 Å². The van der Waals surface area contributed by atoms with Crippen molar-refractivity contribution in [1.29, 1.82) is 0 Å². The van der Waals surface area contributed by atoms with Crippen LogP contribution in [0, 0.1) is 11.7 Å². The van der Waals surface area contributed by atoms with E-state index in [4.69, 9.17) is 0 Å². The van der Waals surface area contributed by atoms with Gasteiger partial charge in [0.05, 0.1) is 6.54 Å². The average Bonchev–Trinajstić information content (AvgIpc) is 2.90. The Bertz CT molecular complexity index is 679. The van der Waals surface area contributed by atoms with Crippen molar-refractivity contribution in [2.24, 2.45) is 5.92 Å². The first-order chi connectivity index (χ1) is 11.4. The van der Waals surface area contributed by atoms with E-state index < -0.39 is 0 Å². The van der Waals surface area contributed by atoms with E-state index in [0.717, 1.165) is 11.4 Å². The maximum Gasteiger partial charge on any atom is 0.223 e. The zero-order valence-corrected chi connectivity index (χ0v) is 14.9. The predicted octanol–water partition coefficient (Wildman–Crippen LogP) is 3.85. The molecule has 0 atom stereocenters. The van der Waals surface area contributed by atoms with E-state index in [2.05, 4.69) is 4.98 Å². The third-order valence-corrected chi connectivity index (χ3v) is 3.88. The Labute approximate surface area is 143 Å². The van der Waals surface area contributed by atoms with Crippen LogP contribution in [0.1, 0.15) is 45.5 Å². The summed E-state index contributed by atoms with van der Waals surface area (Å²) in [5.41, 5.74) is 0.874. The lowest BCUT2D eigenvalue weighted by molar-refractivity contribution is -0.134. The number of halogens is 1. The molecule has 1 aromatic heterocycles. The fourth-order valence-electron chi connectivity index (χ4n) is 2.65. The van der Waals surface area contributed by atoms with Crippen molar-refractivity contribution in [2.75, 3.05) is 0 Å². The molecule has 0 aliphatic heterocycles. The lowest BCUT2D eigenvalue weighted by atomic mass is 10.1. The Morgan fingerprint density at radius 2 is 2.04 bits per heavy atom. The summed E-state index contributed by atoms with van der Waals surface area (Å²) >= 11 is 0. The minimum atomic E-state index is -0.245. The molecule has 1 amide bonds. The van der Waals surface area contributed by atoms with Gasteiger partial charge in [-0.1, -0.05) is 26.0 Å². The van der Waals surface area contributed by atoms with Gasteiger partial charge in [-0.3, -0.25) is 4.79 Å². The van der Waals surface area contributed by atoms with E-state index in [-0.39, 0.29) is 17.8 Å². The Morgan fingerprint density at radius 1 is 1.29 bits per heavy atom. The maximum absolute atomic E-state index is 13.4. The van der Waals surface area contributed by atoms with Crippen molar-refractivity contribution < 1.29 is 9.18 Å². The number of carbonyl (C=O) groups is 1. The number of benzene rings is 1. The number of rotatable bonds is 7. The SMILES string of the molecule is CC(C)CC(=O)N(Cc1nccn1Cc1cccc(F)c1)C(C)C. The Morgan fingerprint density at radius 3 is 2.67 bits per heavy atom. The molecule has 0 fully saturated rings. The Balaban J connectivity index is 2.14. The number of carbonyl (C=O) groups excluding carboxylic acids is 1. The third kappa shape index (κ3) is 4.91. The topological polar surface area (TPSA) is 38.1 Å². The van der Waals surface area contributed by atoms with Crippen molar-refractivity contribution in [3.63, 3.8) is 0 Å². The van der Waals surface area contributed by atoms with E-state index in [1.165, 1.54) is 12.1 Å². The molecule has 0 saturated heterocycles. The molecule has 0 bridgehead atoms. The van der Waals surface area contributed by atoms with Crippen LogP contribution in [0.3, 0.4) is 0 Å². The molecule has 4 nitrogen and oxygen atoms in total. The molecule has 2 rings (SSSR count). The predicted molar refractivity (Wildman–Crippen MR) is 92.9 cm³/mol. The molecule has 1 aromatic carbocycles. The fourth-order valence-corrected chi connectivity index (χ4v) is 2.65. The van der Waals surface area contributed by atoms with Crippen LogP contribution in [0.4, 0.5) is 4.39 Å². The summed E-state index contributed by atoms with van der Waals surface area (Å²) < 4.78 is 15.3. The fraction of sp³-hybridized carbons (Fsp3) is 0.474. The van der Waals surface area contributed by atoms with Crippen LogP contribution in [-0.4, -0.2) is 26.4 Å². The van der Waals surface area contributed by atoms with E-state index in [9.17, 15) is 9.18 Å². The normalized spacial score (nSPS) is 11.3. The molecule has 0 spiro atoms. The number of aromatic nitrogens is 2. The van der Waals surface area contributed by atoms with Crippen LogP contribution in [0.25, 0.3) is 0 Å². The van der Waals surface area contributed by atoms with Crippen LogP contribution in [0.15, 0.2) is 36.7 Å². The van der Waals surface area contributed by atoms with Crippen LogP contribution in [0.2, 0.25) is 0 Å². The van der Waals surface area contributed by atoms with E-state index in [1.54, 1.807) is 12.3 Å². The van der Waals surface area contributed by atoms with E-state index >= 15 is 0 Å². The summed E-state index contributed by atoms with van der Waals surface area (Å²) in [6.07, 6.45) is 4.12. The van der Waals surface area contributed by atoms with Crippen molar-refractivity contribution in [3.05, 3.63) is 53.9 Å². The number of imidazole rings is 1. The lowest BCUT2D eigenvalue weighted by Crippen LogP contribution is -2.37. The van der Waals surface area contributed by atoms with Crippen molar-refractivity contribution in [1.82, 2.24) is 14.5 Å². The molecule has 24 heavy (non-hydrogen) atoms. The van der Waals surface area contributed by atoms with Gasteiger partial charge in [0.2, 0.25) is 5.91 Å². The van der Waals surface area contributed by atoms with E-state index in [0.29, 0.717) is 25.4 Å². The second-order valence-corrected chi connectivity index (χ2v) is 6.81. The molecule has 5 heteroatoms. The van der Waals surface area contributed by atoms with Crippen molar-refractivity contribution >= 4 is 5.91 Å². The van der Waals surface area contributed by atoms with Crippen molar-refractivity contribution in [3.8, 4) is 0 Å². The molecule has 2 aromatic rings. The van der Waals surface area contributed by atoms with Gasteiger partial charge in [0, 0.05) is 31.4 Å². The van der Waals surface area contributed by atoms with E-state index in [1.807, 2.05) is 49.4 Å². The second kappa shape index (κ2) is 8.08. The van der Waals surface area contributed by atoms with Gasteiger partial charge in [-0.25, -0.2) is 9.37 Å². The first kappa shape index (κ1) is 18.2. The summed E-state index contributed by atoms with van der Waals surface area (Å²) in [7, 11) is 0. The zero-order valence-electron chi connectivity index (χ0n) is 14.9. The highest BCUT2D eigenvalue weighted by atomic mass is 19.1. The summed E-state index contributed by atoms with van der Waals surface area (Å²) in [5, 5.41) is 0. The quantitative estimate of drug-likeness (QED) is 0.773. The lowest BCUT2D eigenvalue weighted by Gasteiger charge is -2.27. The highest BCUT2D eigenvalue weighted by molar-refractivity contribution is 5.76. The smallest absolute Gasteiger partial charge is 0.223 e. The minimum absolute atomic E-state index is 0.107. The maximum atomic E-state index is 13.4. The standard InChI is InChI=1S/C19H26FN3O/c1-14(2)10-19(24)23(15(3)4)13-18-21-8-9-22(18)12-16-6-5-7-17(20)11-16/h5-9,11,14-15H,10,12-13H2,1-4H3. The molecule has 0 aliphatic carbocycles. The molecule has 0 radical (unpaired) electrons. The van der Waals surface area contributed by atoms with Gasteiger partial charge in [0.15, 0.2) is 0 Å². The van der Waals surface area contributed by atoms with Gasteiger partial charge in [-0.05, 0) is 37.5 Å². The minimum Gasteiger partial charge on any atom is -0.333 e. The molecule has 0 N–H and O–H groups in total. The zero-order chi connectivity index (χ0) is 17.7. The van der Waals surface area contributed by atoms with Crippen molar-refractivity contribution in [2.45, 2.75) is 53.2 Å². The molecular weight excluding hydrogens is 305 g/mol. The molecule has 1 heterocycles. The van der Waals surface area contributed by atoms with Gasteiger partial charge in [-0.15, -0.1) is 0 Å². The van der Waals surface area contributed by atoms with Gasteiger partial charge in [0.1, 0.15) is 11.6 Å². The number of amides is 1. The Hall–Kier alpha value is -2.17. The molecule has 0 aliphatic rings. The average molecular weight is 331 g/mol. The highest BCUT2D eigenvalue weighted by Crippen LogP contribution is 2.14.